The number of nitrogen functional groups attached to an aromatic ring is 1. The van der Waals surface area contributed by atoms with Crippen molar-refractivity contribution in [2.75, 3.05) is 5.73 Å². The standard InChI is InChI=1S/C18H13FN4O/c19-16-14(15-17(20)21-10-22-18(15)23-16)11-6-8-13(9-7-11)24-12-4-2-1-3-5-12/h1-10H,(H3,20,21,22,23). The van der Waals surface area contributed by atoms with E-state index in [1.54, 1.807) is 24.3 Å². The molecular weight excluding hydrogens is 307 g/mol. The summed E-state index contributed by atoms with van der Waals surface area (Å²) in [4.78, 5) is 10.5. The molecule has 3 N–H and O–H groups in total. The fourth-order valence-corrected chi connectivity index (χ4v) is 2.60. The van der Waals surface area contributed by atoms with E-state index in [9.17, 15) is 4.39 Å². The van der Waals surface area contributed by atoms with Crippen molar-refractivity contribution in [1.29, 1.82) is 0 Å². The maximum Gasteiger partial charge on any atom is 0.201 e. The Labute approximate surface area is 136 Å². The molecule has 0 amide bonds. The fraction of sp³-hybridized carbons (Fsp3) is 0. The van der Waals surface area contributed by atoms with Gasteiger partial charge in [-0.1, -0.05) is 30.3 Å². The molecule has 0 saturated carbocycles. The molecule has 0 aliphatic heterocycles. The fourth-order valence-electron chi connectivity index (χ4n) is 2.60. The Hall–Kier alpha value is -3.41. The monoisotopic (exact) mass is 320 g/mol. The van der Waals surface area contributed by atoms with Crippen molar-refractivity contribution in [2.24, 2.45) is 0 Å². The smallest absolute Gasteiger partial charge is 0.201 e. The van der Waals surface area contributed by atoms with Crippen LogP contribution in [0, 0.1) is 5.95 Å². The van der Waals surface area contributed by atoms with Crippen molar-refractivity contribution >= 4 is 16.9 Å². The van der Waals surface area contributed by atoms with Crippen molar-refractivity contribution in [1.82, 2.24) is 15.0 Å². The van der Waals surface area contributed by atoms with Gasteiger partial charge in [0.15, 0.2) is 0 Å². The summed E-state index contributed by atoms with van der Waals surface area (Å²) in [7, 11) is 0. The zero-order valence-electron chi connectivity index (χ0n) is 12.5. The van der Waals surface area contributed by atoms with Crippen LogP contribution in [0.4, 0.5) is 10.2 Å². The number of ether oxygens (including phenoxy) is 1. The molecule has 2 aromatic heterocycles. The van der Waals surface area contributed by atoms with Crippen molar-refractivity contribution in [2.45, 2.75) is 0 Å². The van der Waals surface area contributed by atoms with Crippen LogP contribution in [0.3, 0.4) is 0 Å². The SMILES string of the molecule is Nc1ncnc2[nH]c(F)c(-c3ccc(Oc4ccccc4)cc3)c12. The first kappa shape index (κ1) is 14.2. The molecule has 0 saturated heterocycles. The summed E-state index contributed by atoms with van der Waals surface area (Å²) in [6, 6.07) is 16.5. The molecular formula is C18H13FN4O. The lowest BCUT2D eigenvalue weighted by atomic mass is 10.1. The molecule has 24 heavy (non-hydrogen) atoms. The van der Waals surface area contributed by atoms with Crippen molar-refractivity contribution < 1.29 is 9.13 Å². The molecule has 4 aromatic rings. The van der Waals surface area contributed by atoms with Gasteiger partial charge in [-0.3, -0.25) is 0 Å². The molecule has 0 unspecified atom stereocenters. The van der Waals surface area contributed by atoms with Gasteiger partial charge in [0.2, 0.25) is 5.95 Å². The summed E-state index contributed by atoms with van der Waals surface area (Å²) in [6.07, 6.45) is 1.30. The quantitative estimate of drug-likeness (QED) is 0.595. The lowest BCUT2D eigenvalue weighted by Crippen LogP contribution is -1.92. The maximum atomic E-state index is 14.3. The summed E-state index contributed by atoms with van der Waals surface area (Å²) < 4.78 is 20.0. The molecule has 0 aliphatic rings. The van der Waals surface area contributed by atoms with Crippen LogP contribution in [-0.2, 0) is 0 Å². The number of benzene rings is 2. The number of nitrogens with one attached hydrogen (secondary N) is 1. The number of nitrogens with two attached hydrogens (primary N) is 1. The molecule has 0 spiro atoms. The molecule has 0 aliphatic carbocycles. The third-order valence-corrected chi connectivity index (χ3v) is 3.70. The Morgan fingerprint density at radius 3 is 2.38 bits per heavy atom. The van der Waals surface area contributed by atoms with Crippen molar-refractivity contribution in [3.05, 3.63) is 66.9 Å². The topological polar surface area (TPSA) is 76.8 Å². The Balaban J connectivity index is 1.72. The largest absolute Gasteiger partial charge is 0.457 e. The van der Waals surface area contributed by atoms with Crippen LogP contribution < -0.4 is 10.5 Å². The summed E-state index contributed by atoms with van der Waals surface area (Å²) in [6.45, 7) is 0. The van der Waals surface area contributed by atoms with Gasteiger partial charge in [-0.05, 0) is 29.8 Å². The van der Waals surface area contributed by atoms with Gasteiger partial charge >= 0.3 is 0 Å². The van der Waals surface area contributed by atoms with Crippen LogP contribution >= 0.6 is 0 Å². The number of halogens is 1. The van der Waals surface area contributed by atoms with E-state index in [2.05, 4.69) is 15.0 Å². The van der Waals surface area contributed by atoms with Crippen molar-refractivity contribution in [3.63, 3.8) is 0 Å². The van der Waals surface area contributed by atoms with Crippen LogP contribution in [0.15, 0.2) is 60.9 Å². The minimum Gasteiger partial charge on any atom is -0.457 e. The molecule has 0 radical (unpaired) electrons. The number of fused-ring (bicyclic) bond motifs is 1. The summed E-state index contributed by atoms with van der Waals surface area (Å²) in [5.41, 5.74) is 7.28. The number of H-pyrrole nitrogens is 1. The molecule has 0 fully saturated rings. The van der Waals surface area contributed by atoms with Crippen LogP contribution in [0.1, 0.15) is 0 Å². The number of para-hydroxylation sites is 1. The second-order valence-corrected chi connectivity index (χ2v) is 5.24. The van der Waals surface area contributed by atoms with Gasteiger partial charge in [0.1, 0.15) is 29.3 Å². The number of hydrogen-bond acceptors (Lipinski definition) is 4. The number of aromatic amines is 1. The zero-order chi connectivity index (χ0) is 16.5. The van der Waals surface area contributed by atoms with E-state index in [-0.39, 0.29) is 5.82 Å². The highest BCUT2D eigenvalue weighted by atomic mass is 19.1. The minimum atomic E-state index is -0.492. The molecule has 0 bridgehead atoms. The lowest BCUT2D eigenvalue weighted by Gasteiger charge is -2.07. The maximum absolute atomic E-state index is 14.3. The van der Waals surface area contributed by atoms with Gasteiger partial charge in [0.05, 0.1) is 5.39 Å². The van der Waals surface area contributed by atoms with E-state index < -0.39 is 5.95 Å². The molecule has 5 nitrogen and oxygen atoms in total. The van der Waals surface area contributed by atoms with Crippen LogP contribution in [0.5, 0.6) is 11.5 Å². The highest BCUT2D eigenvalue weighted by molar-refractivity contribution is 6.00. The van der Waals surface area contributed by atoms with E-state index in [1.165, 1.54) is 6.33 Å². The lowest BCUT2D eigenvalue weighted by molar-refractivity contribution is 0.483. The number of hydrogen-bond donors (Lipinski definition) is 2. The van der Waals surface area contributed by atoms with E-state index in [4.69, 9.17) is 10.5 Å². The van der Waals surface area contributed by atoms with E-state index in [0.717, 1.165) is 5.75 Å². The van der Waals surface area contributed by atoms with E-state index in [1.807, 2.05) is 30.3 Å². The Kier molecular flexibility index (Phi) is 3.35. The van der Waals surface area contributed by atoms with Gasteiger partial charge < -0.3 is 15.5 Å². The highest BCUT2D eigenvalue weighted by Crippen LogP contribution is 2.34. The van der Waals surface area contributed by atoms with Crippen molar-refractivity contribution in [3.8, 4) is 22.6 Å². The molecule has 118 valence electrons. The van der Waals surface area contributed by atoms with Gasteiger partial charge in [-0.25, -0.2) is 9.97 Å². The first-order chi connectivity index (χ1) is 11.7. The summed E-state index contributed by atoms with van der Waals surface area (Å²) in [5, 5.41) is 0.478. The van der Waals surface area contributed by atoms with Crippen LogP contribution in [0.25, 0.3) is 22.2 Å². The summed E-state index contributed by atoms with van der Waals surface area (Å²) in [5.74, 6) is 1.14. The second-order valence-electron chi connectivity index (χ2n) is 5.24. The predicted octanol–water partition coefficient (Wildman–Crippen LogP) is 4.14. The van der Waals surface area contributed by atoms with Gasteiger partial charge in [0.25, 0.3) is 0 Å². The number of nitrogens with zero attached hydrogens (tertiary/aromatic N) is 2. The predicted molar refractivity (Wildman–Crippen MR) is 90.2 cm³/mol. The van der Waals surface area contributed by atoms with E-state index in [0.29, 0.717) is 27.9 Å². The molecule has 2 aromatic carbocycles. The van der Waals surface area contributed by atoms with Gasteiger partial charge in [-0.15, -0.1) is 0 Å². The van der Waals surface area contributed by atoms with Crippen LogP contribution in [-0.4, -0.2) is 15.0 Å². The number of anilines is 1. The molecule has 4 rings (SSSR count). The van der Waals surface area contributed by atoms with Gasteiger partial charge in [-0.2, -0.15) is 4.39 Å². The Morgan fingerprint density at radius 2 is 1.62 bits per heavy atom. The third-order valence-electron chi connectivity index (χ3n) is 3.70. The first-order valence-electron chi connectivity index (χ1n) is 7.33. The molecule has 2 heterocycles. The summed E-state index contributed by atoms with van der Waals surface area (Å²) >= 11 is 0. The average molecular weight is 320 g/mol. The van der Waals surface area contributed by atoms with Gasteiger partial charge in [0, 0.05) is 5.56 Å². The Bertz CT molecular complexity index is 997. The zero-order valence-corrected chi connectivity index (χ0v) is 12.5. The number of aromatic nitrogens is 3. The Morgan fingerprint density at radius 1 is 0.917 bits per heavy atom. The third kappa shape index (κ3) is 2.44. The first-order valence-corrected chi connectivity index (χ1v) is 7.33. The second kappa shape index (κ2) is 5.66. The van der Waals surface area contributed by atoms with E-state index >= 15 is 0 Å². The molecule has 0 atom stereocenters. The highest BCUT2D eigenvalue weighted by Gasteiger charge is 2.17. The minimum absolute atomic E-state index is 0.236. The number of rotatable bonds is 3. The average Bonchev–Trinajstić information content (AvgIpc) is 2.94. The normalized spacial score (nSPS) is 10.9. The van der Waals surface area contributed by atoms with Crippen LogP contribution in [0.2, 0.25) is 0 Å². The molecule has 6 heteroatoms.